The van der Waals surface area contributed by atoms with E-state index in [1.807, 2.05) is 0 Å². The third-order valence-electron chi connectivity index (χ3n) is 0.923. The van der Waals surface area contributed by atoms with E-state index in [1.54, 1.807) is 0 Å². The summed E-state index contributed by atoms with van der Waals surface area (Å²) in [7, 11) is 0. The van der Waals surface area contributed by atoms with Crippen LogP contribution in [0.3, 0.4) is 0 Å². The van der Waals surface area contributed by atoms with Crippen molar-refractivity contribution in [1.82, 2.24) is 5.32 Å². The van der Waals surface area contributed by atoms with Crippen LogP contribution in [0.2, 0.25) is 0 Å². The lowest BCUT2D eigenvalue weighted by Crippen LogP contribution is -2.40. The second kappa shape index (κ2) is 2.87. The molecule has 48 valence electrons. The van der Waals surface area contributed by atoms with Crippen molar-refractivity contribution in [3.05, 3.63) is 0 Å². The number of alkyl halides is 2. The lowest BCUT2D eigenvalue weighted by Gasteiger charge is -2.22. The SMILES string of the molecule is ClC1COC(Cl)CN1. The van der Waals surface area contributed by atoms with Crippen LogP contribution < -0.4 is 5.32 Å². The Morgan fingerprint density at radius 3 is 2.62 bits per heavy atom. The Balaban J connectivity index is 2.19. The number of halogens is 2. The Kier molecular flexibility index (Phi) is 2.38. The van der Waals surface area contributed by atoms with Crippen LogP contribution in [-0.2, 0) is 4.74 Å². The fourth-order valence-corrected chi connectivity index (χ4v) is 0.851. The van der Waals surface area contributed by atoms with Gasteiger partial charge in [0.15, 0.2) is 0 Å². The zero-order valence-corrected chi connectivity index (χ0v) is 5.74. The van der Waals surface area contributed by atoms with Gasteiger partial charge in [-0.3, -0.25) is 5.32 Å². The summed E-state index contributed by atoms with van der Waals surface area (Å²) in [5, 5.41) is 2.94. The molecule has 0 aromatic rings. The van der Waals surface area contributed by atoms with E-state index in [-0.39, 0.29) is 11.1 Å². The van der Waals surface area contributed by atoms with Crippen LogP contribution in [0.4, 0.5) is 0 Å². The van der Waals surface area contributed by atoms with Crippen molar-refractivity contribution in [2.45, 2.75) is 11.1 Å². The first-order valence-corrected chi connectivity index (χ1v) is 3.29. The van der Waals surface area contributed by atoms with Crippen LogP contribution >= 0.6 is 23.2 Å². The van der Waals surface area contributed by atoms with E-state index < -0.39 is 0 Å². The van der Waals surface area contributed by atoms with Crippen molar-refractivity contribution in [2.24, 2.45) is 0 Å². The fourth-order valence-electron chi connectivity index (χ4n) is 0.527. The first-order chi connectivity index (χ1) is 3.79. The second-order valence-electron chi connectivity index (χ2n) is 1.62. The molecule has 2 nitrogen and oxygen atoms in total. The minimum atomic E-state index is -0.204. The molecule has 8 heavy (non-hydrogen) atoms. The molecule has 0 spiro atoms. The number of rotatable bonds is 0. The fraction of sp³-hybridized carbons (Fsp3) is 1.00. The Morgan fingerprint density at radius 2 is 2.25 bits per heavy atom. The van der Waals surface area contributed by atoms with E-state index in [4.69, 9.17) is 27.9 Å². The van der Waals surface area contributed by atoms with Gasteiger partial charge in [-0.05, 0) is 0 Å². The minimum absolute atomic E-state index is 0.0648. The molecule has 0 aromatic carbocycles. The molecule has 1 N–H and O–H groups in total. The molecule has 0 aromatic heterocycles. The maximum Gasteiger partial charge on any atom is 0.143 e. The number of ether oxygens (including phenoxy) is 1. The molecular formula is C4H7Cl2NO. The number of hydrogen-bond donors (Lipinski definition) is 1. The average Bonchev–Trinajstić information content (AvgIpc) is 1.77. The summed E-state index contributed by atoms with van der Waals surface area (Å²) in [6, 6.07) is 0. The summed E-state index contributed by atoms with van der Waals surface area (Å²) >= 11 is 11.1. The molecule has 0 radical (unpaired) electrons. The zero-order chi connectivity index (χ0) is 5.98. The summed E-state index contributed by atoms with van der Waals surface area (Å²) in [6.45, 7) is 1.13. The van der Waals surface area contributed by atoms with Gasteiger partial charge in [-0.25, -0.2) is 0 Å². The molecule has 1 rings (SSSR count). The van der Waals surface area contributed by atoms with Crippen molar-refractivity contribution in [1.29, 1.82) is 0 Å². The summed E-state index contributed by atoms with van der Waals surface area (Å²) < 4.78 is 4.96. The maximum atomic E-state index is 5.59. The van der Waals surface area contributed by atoms with Gasteiger partial charge in [-0.15, -0.1) is 11.6 Å². The Labute approximate surface area is 58.1 Å². The van der Waals surface area contributed by atoms with Crippen molar-refractivity contribution in [3.63, 3.8) is 0 Å². The van der Waals surface area contributed by atoms with E-state index >= 15 is 0 Å². The molecule has 0 aliphatic carbocycles. The molecule has 4 heteroatoms. The highest BCUT2D eigenvalue weighted by Crippen LogP contribution is 2.06. The van der Waals surface area contributed by atoms with E-state index in [0.29, 0.717) is 13.2 Å². The largest absolute Gasteiger partial charge is 0.358 e. The predicted molar refractivity (Wildman–Crippen MR) is 33.2 cm³/mol. The summed E-state index contributed by atoms with van der Waals surface area (Å²) in [6.07, 6.45) is 0. The first kappa shape index (κ1) is 6.62. The summed E-state index contributed by atoms with van der Waals surface area (Å²) in [4.78, 5) is 0. The van der Waals surface area contributed by atoms with E-state index in [0.717, 1.165) is 0 Å². The highest BCUT2D eigenvalue weighted by molar-refractivity contribution is 6.21. The van der Waals surface area contributed by atoms with Gasteiger partial charge >= 0.3 is 0 Å². The molecule has 1 saturated heterocycles. The Hall–Kier alpha value is 0.500. The Bertz CT molecular complexity index is 62.4. The van der Waals surface area contributed by atoms with Gasteiger partial charge in [0.05, 0.1) is 6.61 Å². The summed E-state index contributed by atoms with van der Waals surface area (Å²) in [5.41, 5.74) is -0.269. The van der Waals surface area contributed by atoms with Crippen molar-refractivity contribution < 1.29 is 4.74 Å². The topological polar surface area (TPSA) is 21.3 Å². The van der Waals surface area contributed by atoms with E-state index in [2.05, 4.69) is 5.32 Å². The first-order valence-electron chi connectivity index (χ1n) is 2.42. The van der Waals surface area contributed by atoms with Gasteiger partial charge in [-0.1, -0.05) is 11.6 Å². The molecule has 1 fully saturated rings. The molecule has 0 bridgehead atoms. The van der Waals surface area contributed by atoms with Gasteiger partial charge in [-0.2, -0.15) is 0 Å². The number of hydrogen-bond acceptors (Lipinski definition) is 2. The average molecular weight is 156 g/mol. The maximum absolute atomic E-state index is 5.59. The van der Waals surface area contributed by atoms with Crippen LogP contribution in [0.25, 0.3) is 0 Å². The van der Waals surface area contributed by atoms with Crippen LogP contribution in [0.1, 0.15) is 0 Å². The number of nitrogens with one attached hydrogen (secondary N) is 1. The predicted octanol–water partition coefficient (Wildman–Crippen LogP) is 0.736. The van der Waals surface area contributed by atoms with Crippen molar-refractivity contribution >= 4 is 23.2 Å². The summed E-state index contributed by atoms with van der Waals surface area (Å²) in [5.74, 6) is 0. The van der Waals surface area contributed by atoms with Gasteiger partial charge in [0.25, 0.3) is 0 Å². The van der Waals surface area contributed by atoms with Crippen LogP contribution in [0, 0.1) is 0 Å². The lowest BCUT2D eigenvalue weighted by molar-refractivity contribution is 0.0706. The zero-order valence-electron chi connectivity index (χ0n) is 4.23. The number of morpholine rings is 1. The molecular weight excluding hydrogens is 149 g/mol. The highest BCUT2D eigenvalue weighted by Gasteiger charge is 2.15. The van der Waals surface area contributed by atoms with Crippen LogP contribution in [-0.4, -0.2) is 24.2 Å². The van der Waals surface area contributed by atoms with Crippen molar-refractivity contribution in [2.75, 3.05) is 13.2 Å². The molecule has 2 atom stereocenters. The van der Waals surface area contributed by atoms with Crippen LogP contribution in [0.15, 0.2) is 0 Å². The molecule has 1 aliphatic heterocycles. The third kappa shape index (κ3) is 1.78. The van der Waals surface area contributed by atoms with Gasteiger partial charge in [0.2, 0.25) is 0 Å². The molecule has 1 heterocycles. The Morgan fingerprint density at radius 1 is 1.50 bits per heavy atom. The minimum Gasteiger partial charge on any atom is -0.358 e. The monoisotopic (exact) mass is 155 g/mol. The van der Waals surface area contributed by atoms with Crippen molar-refractivity contribution in [3.8, 4) is 0 Å². The highest BCUT2D eigenvalue weighted by atomic mass is 35.5. The third-order valence-corrected chi connectivity index (χ3v) is 1.48. The van der Waals surface area contributed by atoms with E-state index in [1.165, 1.54) is 0 Å². The standard InChI is InChI=1S/C4H7Cl2NO/c5-3-2-8-4(6)1-7-3/h3-4,7H,1-2H2. The quantitative estimate of drug-likeness (QED) is 0.412. The van der Waals surface area contributed by atoms with Crippen LogP contribution in [0.5, 0.6) is 0 Å². The lowest BCUT2D eigenvalue weighted by atomic mass is 10.5. The van der Waals surface area contributed by atoms with Gasteiger partial charge in [0, 0.05) is 6.54 Å². The second-order valence-corrected chi connectivity index (χ2v) is 2.63. The smallest absolute Gasteiger partial charge is 0.143 e. The molecule has 0 amide bonds. The molecule has 0 saturated carbocycles. The molecule has 2 unspecified atom stereocenters. The molecule has 1 aliphatic rings. The van der Waals surface area contributed by atoms with E-state index in [9.17, 15) is 0 Å². The normalized spacial score (nSPS) is 39.8. The van der Waals surface area contributed by atoms with Gasteiger partial charge in [0.1, 0.15) is 11.1 Å². The van der Waals surface area contributed by atoms with Gasteiger partial charge < -0.3 is 4.74 Å².